The van der Waals surface area contributed by atoms with Crippen LogP contribution in [0, 0.1) is 5.82 Å². The van der Waals surface area contributed by atoms with Crippen molar-refractivity contribution in [2.45, 2.75) is 23.5 Å². The number of benzene rings is 2. The molecular weight excluding hydrogens is 471 g/mol. The van der Waals surface area contributed by atoms with Crippen LogP contribution in [0.1, 0.15) is 16.8 Å². The summed E-state index contributed by atoms with van der Waals surface area (Å²) >= 11 is 0. The molecule has 4 heterocycles. The summed E-state index contributed by atoms with van der Waals surface area (Å²) in [5.41, 5.74) is 1.81. The molecule has 2 saturated heterocycles. The van der Waals surface area contributed by atoms with Crippen molar-refractivity contribution in [1.29, 1.82) is 0 Å². The van der Waals surface area contributed by atoms with Gasteiger partial charge in [0.25, 0.3) is 5.91 Å². The third-order valence-electron chi connectivity index (χ3n) is 6.62. The Labute approximate surface area is 200 Å². The number of hydrogen-bond donors (Lipinski definition) is 0. The fraction of sp³-hybridized carbons (Fsp3) is 0.240. The van der Waals surface area contributed by atoms with Gasteiger partial charge >= 0.3 is 0 Å². The SMILES string of the molecule is CS(=O)(=O)c1cn(-c2ncc(-c3ccccc3F)cn2)c2cc(C(=O)N3C[C@H]4C[C@@H]3CO4)ccc12. The molecule has 4 aromatic rings. The highest BCUT2D eigenvalue weighted by Gasteiger charge is 2.41. The lowest BCUT2D eigenvalue weighted by atomic mass is 10.1. The smallest absolute Gasteiger partial charge is 0.254 e. The molecule has 0 spiro atoms. The minimum Gasteiger partial charge on any atom is -0.374 e. The lowest BCUT2D eigenvalue weighted by Gasteiger charge is -2.27. The summed E-state index contributed by atoms with van der Waals surface area (Å²) in [5, 5.41) is 0.470. The molecule has 0 aliphatic carbocycles. The molecule has 0 saturated carbocycles. The maximum absolute atomic E-state index is 14.2. The summed E-state index contributed by atoms with van der Waals surface area (Å²) in [6.07, 6.45) is 6.48. The summed E-state index contributed by atoms with van der Waals surface area (Å²) in [6, 6.07) is 11.4. The van der Waals surface area contributed by atoms with E-state index in [0.717, 1.165) is 12.7 Å². The van der Waals surface area contributed by atoms with Gasteiger partial charge < -0.3 is 9.64 Å². The molecule has 1 amide bonds. The molecule has 2 atom stereocenters. The zero-order valence-electron chi connectivity index (χ0n) is 18.8. The molecular formula is C25H21FN4O4S. The van der Waals surface area contributed by atoms with Crippen LogP contribution < -0.4 is 0 Å². The van der Waals surface area contributed by atoms with Crippen LogP contribution in [0.3, 0.4) is 0 Å². The van der Waals surface area contributed by atoms with E-state index in [2.05, 4.69) is 9.97 Å². The first-order valence-electron chi connectivity index (χ1n) is 11.1. The number of fused-ring (bicyclic) bond motifs is 3. The van der Waals surface area contributed by atoms with Gasteiger partial charge in [-0.1, -0.05) is 24.3 Å². The summed E-state index contributed by atoms with van der Waals surface area (Å²) < 4.78 is 46.3. The number of carbonyl (C=O) groups excluding carboxylic acids is 1. The first-order chi connectivity index (χ1) is 16.8. The van der Waals surface area contributed by atoms with Gasteiger partial charge in [0.15, 0.2) is 9.84 Å². The number of carbonyl (C=O) groups is 1. The van der Waals surface area contributed by atoms with Crippen molar-refractivity contribution in [2.24, 2.45) is 0 Å². The lowest BCUT2D eigenvalue weighted by molar-refractivity contribution is 0.0259. The summed E-state index contributed by atoms with van der Waals surface area (Å²) in [4.78, 5) is 23.9. The van der Waals surface area contributed by atoms with Crippen LogP contribution in [0.2, 0.25) is 0 Å². The Morgan fingerprint density at radius 3 is 2.57 bits per heavy atom. The van der Waals surface area contributed by atoms with Gasteiger partial charge in [0, 0.05) is 53.5 Å². The van der Waals surface area contributed by atoms with Crippen LogP contribution in [0.5, 0.6) is 0 Å². The van der Waals surface area contributed by atoms with E-state index in [4.69, 9.17) is 4.74 Å². The fourth-order valence-corrected chi connectivity index (χ4v) is 5.75. The second-order valence-electron chi connectivity index (χ2n) is 8.92. The Hall–Kier alpha value is -3.63. The molecule has 0 unspecified atom stereocenters. The molecule has 6 rings (SSSR count). The van der Waals surface area contributed by atoms with Crippen molar-refractivity contribution in [3.05, 3.63) is 72.4 Å². The Kier molecular flexibility index (Phi) is 4.97. The number of likely N-dealkylation sites (tertiary alicyclic amines) is 1. The Morgan fingerprint density at radius 2 is 1.91 bits per heavy atom. The van der Waals surface area contributed by atoms with Gasteiger partial charge in [-0.2, -0.15) is 0 Å². The molecule has 2 aliphatic heterocycles. The average molecular weight is 493 g/mol. The highest BCUT2D eigenvalue weighted by atomic mass is 32.2. The lowest BCUT2D eigenvalue weighted by Crippen LogP contribution is -2.41. The van der Waals surface area contributed by atoms with Gasteiger partial charge in [-0.15, -0.1) is 0 Å². The molecule has 2 aromatic heterocycles. The number of aromatic nitrogens is 3. The Morgan fingerprint density at radius 1 is 1.14 bits per heavy atom. The summed E-state index contributed by atoms with van der Waals surface area (Å²) in [5.74, 6) is -0.297. The monoisotopic (exact) mass is 492 g/mol. The normalized spacial score (nSPS) is 19.5. The minimum atomic E-state index is -3.57. The van der Waals surface area contributed by atoms with Crippen LogP contribution in [0.25, 0.3) is 28.0 Å². The van der Waals surface area contributed by atoms with Gasteiger partial charge in [-0.25, -0.2) is 22.8 Å². The fourth-order valence-electron chi connectivity index (χ4n) is 4.88. The predicted octanol–water partition coefficient (Wildman–Crippen LogP) is 3.24. The van der Waals surface area contributed by atoms with E-state index in [1.165, 1.54) is 24.7 Å². The molecule has 35 heavy (non-hydrogen) atoms. The van der Waals surface area contributed by atoms with Crippen molar-refractivity contribution >= 4 is 26.6 Å². The van der Waals surface area contributed by atoms with E-state index < -0.39 is 15.7 Å². The highest BCUT2D eigenvalue weighted by molar-refractivity contribution is 7.91. The molecule has 2 aromatic carbocycles. The number of rotatable bonds is 4. The number of sulfone groups is 1. The number of morpholine rings is 1. The van der Waals surface area contributed by atoms with Crippen molar-refractivity contribution in [3.63, 3.8) is 0 Å². The summed E-state index contributed by atoms with van der Waals surface area (Å²) in [6.45, 7) is 1.09. The molecule has 2 bridgehead atoms. The maximum Gasteiger partial charge on any atom is 0.254 e. The largest absolute Gasteiger partial charge is 0.374 e. The average Bonchev–Trinajstić information content (AvgIpc) is 3.58. The van der Waals surface area contributed by atoms with E-state index >= 15 is 0 Å². The van der Waals surface area contributed by atoms with Gasteiger partial charge in [-0.05, 0) is 24.6 Å². The molecule has 0 radical (unpaired) electrons. The molecule has 10 heteroatoms. The summed E-state index contributed by atoms with van der Waals surface area (Å²) in [7, 11) is -3.57. The third kappa shape index (κ3) is 3.69. The van der Waals surface area contributed by atoms with Gasteiger partial charge in [0.1, 0.15) is 5.82 Å². The number of nitrogens with zero attached hydrogens (tertiary/aromatic N) is 4. The quantitative estimate of drug-likeness (QED) is 0.434. The molecule has 178 valence electrons. The van der Waals surface area contributed by atoms with Crippen LogP contribution in [-0.2, 0) is 14.6 Å². The zero-order valence-corrected chi connectivity index (χ0v) is 19.6. The van der Waals surface area contributed by atoms with Crippen LogP contribution in [-0.4, -0.2) is 65.3 Å². The van der Waals surface area contributed by atoms with E-state index in [-0.39, 0.29) is 28.9 Å². The second-order valence-corrected chi connectivity index (χ2v) is 10.9. The topological polar surface area (TPSA) is 94.4 Å². The zero-order chi connectivity index (χ0) is 24.3. The molecule has 8 nitrogen and oxygen atoms in total. The van der Waals surface area contributed by atoms with Crippen molar-refractivity contribution < 1.29 is 22.3 Å². The van der Waals surface area contributed by atoms with Gasteiger partial charge in [0.2, 0.25) is 5.95 Å². The number of hydrogen-bond acceptors (Lipinski definition) is 6. The first kappa shape index (κ1) is 21.9. The van der Waals surface area contributed by atoms with Crippen LogP contribution in [0.15, 0.2) is 66.0 Å². The van der Waals surface area contributed by atoms with Crippen molar-refractivity contribution in [3.8, 4) is 17.1 Å². The van der Waals surface area contributed by atoms with E-state index in [1.807, 2.05) is 4.90 Å². The number of amides is 1. The highest BCUT2D eigenvalue weighted by Crippen LogP contribution is 2.32. The van der Waals surface area contributed by atoms with Gasteiger partial charge in [0.05, 0.1) is 29.2 Å². The molecule has 0 N–H and O–H groups in total. The standard InChI is InChI=1S/C25H21FN4O4S/c1-35(32,33)23-13-30(25-27-10-16(11-28-25)19-4-2-3-5-21(19)26)22-8-15(6-7-20(22)23)24(31)29-12-18-9-17(29)14-34-18/h2-8,10-11,13,17-18H,9,12,14H2,1H3/t17-,18-/m1/s1. The van der Waals surface area contributed by atoms with E-state index in [0.29, 0.717) is 40.7 Å². The Bertz CT molecular complexity index is 1580. The minimum absolute atomic E-state index is 0.0656. The maximum atomic E-state index is 14.2. The third-order valence-corrected chi connectivity index (χ3v) is 7.74. The molecule has 2 fully saturated rings. The van der Waals surface area contributed by atoms with E-state index in [1.54, 1.807) is 41.0 Å². The molecule has 2 aliphatic rings. The predicted molar refractivity (Wildman–Crippen MR) is 127 cm³/mol. The second kappa shape index (κ2) is 7.96. The first-order valence-corrected chi connectivity index (χ1v) is 13.0. The van der Waals surface area contributed by atoms with Crippen molar-refractivity contribution in [1.82, 2.24) is 19.4 Å². The number of ether oxygens (including phenoxy) is 1. The van der Waals surface area contributed by atoms with Crippen LogP contribution >= 0.6 is 0 Å². The van der Waals surface area contributed by atoms with Crippen LogP contribution in [0.4, 0.5) is 4.39 Å². The van der Waals surface area contributed by atoms with Gasteiger partial charge in [-0.3, -0.25) is 9.36 Å². The number of halogens is 1. The van der Waals surface area contributed by atoms with E-state index in [9.17, 15) is 17.6 Å². The van der Waals surface area contributed by atoms with Crippen molar-refractivity contribution in [2.75, 3.05) is 19.4 Å². The Balaban J connectivity index is 1.44.